The summed E-state index contributed by atoms with van der Waals surface area (Å²) in [5, 5.41) is 4.50. The van der Waals surface area contributed by atoms with Gasteiger partial charge in [-0.25, -0.2) is 24.9 Å². The van der Waals surface area contributed by atoms with Gasteiger partial charge in [-0.15, -0.1) is 22.7 Å². The van der Waals surface area contributed by atoms with E-state index in [2.05, 4.69) is 97.9 Å². The van der Waals surface area contributed by atoms with Gasteiger partial charge < -0.3 is 4.42 Å². The van der Waals surface area contributed by atoms with E-state index in [0.717, 1.165) is 91.6 Å². The lowest BCUT2D eigenvalue weighted by Crippen LogP contribution is -2.00. The van der Waals surface area contributed by atoms with Crippen LogP contribution in [0.2, 0.25) is 0 Å². The first kappa shape index (κ1) is 33.5. The minimum absolute atomic E-state index is 0.563. The van der Waals surface area contributed by atoms with Crippen molar-refractivity contribution < 1.29 is 4.42 Å². The average Bonchev–Trinajstić information content (AvgIpc) is 3.94. The minimum atomic E-state index is 0.563. The molecule has 11 aromatic rings. The average molecular weight is 770 g/mol. The number of allylic oxidation sites excluding steroid dienone is 1. The summed E-state index contributed by atoms with van der Waals surface area (Å²) in [5.41, 5.74) is 8.52. The molecule has 0 aliphatic heterocycles. The van der Waals surface area contributed by atoms with Gasteiger partial charge in [-0.3, -0.25) is 0 Å². The number of nitrogens with zero attached hydrogens (tertiary/aromatic N) is 5. The van der Waals surface area contributed by atoms with Crippen molar-refractivity contribution in [3.8, 4) is 56.8 Å². The smallest absolute Gasteiger partial charge is 0.167 e. The standard InChI is InChI=1S/C49H31N5OS2/c1-3-14-38-28(2)32-20-12-22-36(43(32)55-38)48-52-46(30-17-8-5-9-18-30)53-49(54-48)37-23-13-21-34-33-26-25-31(27-40(33)57-44(34)37)47-50-41(29-15-6-4-7-16-29)45-42(51-47)35-19-10-11-24-39(35)56-45/h3-27H,1-2H3/b14-3-. The molecule has 0 saturated carbocycles. The molecule has 0 N–H and O–H groups in total. The van der Waals surface area contributed by atoms with E-state index in [1.54, 1.807) is 22.7 Å². The van der Waals surface area contributed by atoms with Gasteiger partial charge in [0.15, 0.2) is 23.3 Å². The van der Waals surface area contributed by atoms with Gasteiger partial charge in [-0.05, 0) is 44.2 Å². The van der Waals surface area contributed by atoms with Crippen LogP contribution in [-0.4, -0.2) is 24.9 Å². The number of aromatic nitrogens is 5. The minimum Gasteiger partial charge on any atom is -0.456 e. The van der Waals surface area contributed by atoms with E-state index in [1.807, 2.05) is 67.6 Å². The van der Waals surface area contributed by atoms with E-state index >= 15 is 0 Å². The number of aryl methyl sites for hydroxylation is 1. The summed E-state index contributed by atoms with van der Waals surface area (Å²) >= 11 is 3.48. The Morgan fingerprint density at radius 2 is 1.14 bits per heavy atom. The second-order valence-corrected chi connectivity index (χ2v) is 16.1. The van der Waals surface area contributed by atoms with Gasteiger partial charge >= 0.3 is 0 Å². The lowest BCUT2D eigenvalue weighted by atomic mass is 10.1. The summed E-state index contributed by atoms with van der Waals surface area (Å²) in [7, 11) is 0. The number of rotatable bonds is 6. The fourth-order valence-corrected chi connectivity index (χ4v) is 10.1. The summed E-state index contributed by atoms with van der Waals surface area (Å²) in [4.78, 5) is 25.9. The lowest BCUT2D eigenvalue weighted by molar-refractivity contribution is 0.601. The maximum Gasteiger partial charge on any atom is 0.167 e. The largest absolute Gasteiger partial charge is 0.456 e. The highest BCUT2D eigenvalue weighted by atomic mass is 32.1. The number of hydrogen-bond acceptors (Lipinski definition) is 8. The van der Waals surface area contributed by atoms with E-state index in [0.29, 0.717) is 23.3 Å². The first-order chi connectivity index (χ1) is 28.1. The Balaban J connectivity index is 1.09. The molecule has 6 nitrogen and oxygen atoms in total. The number of benzene rings is 6. The summed E-state index contributed by atoms with van der Waals surface area (Å²) in [5.74, 6) is 3.31. The van der Waals surface area contributed by atoms with Gasteiger partial charge in [-0.1, -0.05) is 121 Å². The van der Waals surface area contributed by atoms with Crippen molar-refractivity contribution >= 4 is 80.2 Å². The molecule has 11 rings (SSSR count). The second-order valence-electron chi connectivity index (χ2n) is 14.0. The summed E-state index contributed by atoms with van der Waals surface area (Å²) in [6, 6.07) is 48.1. The van der Waals surface area contributed by atoms with Crippen LogP contribution in [0, 0.1) is 6.92 Å². The van der Waals surface area contributed by atoms with Gasteiger partial charge in [0.2, 0.25) is 0 Å². The molecule has 0 aliphatic carbocycles. The van der Waals surface area contributed by atoms with Crippen LogP contribution in [0.1, 0.15) is 18.2 Å². The molecular formula is C49H31N5OS2. The molecule has 57 heavy (non-hydrogen) atoms. The first-order valence-corrected chi connectivity index (χ1v) is 20.4. The van der Waals surface area contributed by atoms with Crippen molar-refractivity contribution in [2.24, 2.45) is 0 Å². The van der Waals surface area contributed by atoms with E-state index in [-0.39, 0.29) is 0 Å². The fraction of sp³-hybridized carbons (Fsp3) is 0.0408. The van der Waals surface area contributed by atoms with Crippen LogP contribution in [0.4, 0.5) is 0 Å². The molecule has 0 spiro atoms. The number of furan rings is 1. The molecule has 0 radical (unpaired) electrons. The molecule has 0 fully saturated rings. The predicted molar refractivity (Wildman–Crippen MR) is 238 cm³/mol. The Labute approximate surface area is 335 Å². The summed E-state index contributed by atoms with van der Waals surface area (Å²) < 4.78 is 11.0. The van der Waals surface area contributed by atoms with E-state index in [4.69, 9.17) is 29.3 Å². The van der Waals surface area contributed by atoms with Crippen LogP contribution < -0.4 is 0 Å². The number of thiophene rings is 2. The topological polar surface area (TPSA) is 77.6 Å². The molecule has 6 aromatic carbocycles. The maximum absolute atomic E-state index is 6.45. The van der Waals surface area contributed by atoms with Crippen LogP contribution in [0.3, 0.4) is 0 Å². The van der Waals surface area contributed by atoms with Crippen molar-refractivity contribution in [2.75, 3.05) is 0 Å². The zero-order valence-corrected chi connectivity index (χ0v) is 32.5. The van der Waals surface area contributed by atoms with Crippen molar-refractivity contribution in [3.05, 3.63) is 157 Å². The van der Waals surface area contributed by atoms with Crippen molar-refractivity contribution in [1.29, 1.82) is 0 Å². The van der Waals surface area contributed by atoms with Gasteiger partial charge in [0, 0.05) is 63.5 Å². The normalized spacial score (nSPS) is 12.0. The molecule has 5 aromatic heterocycles. The molecular weight excluding hydrogens is 739 g/mol. The van der Waals surface area contributed by atoms with Crippen molar-refractivity contribution in [1.82, 2.24) is 24.9 Å². The molecule has 0 amide bonds. The van der Waals surface area contributed by atoms with E-state index in [1.165, 1.54) is 4.70 Å². The molecule has 270 valence electrons. The zero-order chi connectivity index (χ0) is 38.0. The number of para-hydroxylation sites is 1. The SMILES string of the molecule is C/C=C\c1oc2c(-c3nc(-c4ccccc4)nc(-c4cccc5c4sc4cc(-c6nc(-c7ccccc7)c7sc8ccccc8c7n6)ccc45)n3)cccc2c1C. The molecule has 5 heterocycles. The molecule has 0 aliphatic rings. The van der Waals surface area contributed by atoms with Crippen LogP contribution >= 0.6 is 22.7 Å². The van der Waals surface area contributed by atoms with Crippen LogP contribution in [0.5, 0.6) is 0 Å². The molecule has 0 atom stereocenters. The van der Waals surface area contributed by atoms with Crippen LogP contribution in [0.15, 0.2) is 150 Å². The van der Waals surface area contributed by atoms with Gasteiger partial charge in [0.05, 0.1) is 21.5 Å². The Kier molecular flexibility index (Phi) is 7.87. The Morgan fingerprint density at radius 3 is 1.95 bits per heavy atom. The molecule has 0 bridgehead atoms. The fourth-order valence-electron chi connectivity index (χ4n) is 7.71. The summed E-state index contributed by atoms with van der Waals surface area (Å²) in [6.45, 7) is 4.08. The monoisotopic (exact) mass is 769 g/mol. The number of fused-ring (bicyclic) bond motifs is 7. The van der Waals surface area contributed by atoms with Crippen molar-refractivity contribution in [3.63, 3.8) is 0 Å². The predicted octanol–water partition coefficient (Wildman–Crippen LogP) is 13.8. The van der Waals surface area contributed by atoms with Gasteiger partial charge in [0.1, 0.15) is 11.3 Å². The van der Waals surface area contributed by atoms with Crippen LogP contribution in [-0.2, 0) is 0 Å². The third kappa shape index (κ3) is 5.56. The quantitative estimate of drug-likeness (QED) is 0.168. The highest BCUT2D eigenvalue weighted by molar-refractivity contribution is 7.26. The molecule has 8 heteroatoms. The third-order valence-electron chi connectivity index (χ3n) is 10.5. The number of hydrogen-bond donors (Lipinski definition) is 0. The highest BCUT2D eigenvalue weighted by Crippen LogP contribution is 2.43. The van der Waals surface area contributed by atoms with E-state index < -0.39 is 0 Å². The van der Waals surface area contributed by atoms with Crippen molar-refractivity contribution in [2.45, 2.75) is 13.8 Å². The molecule has 0 unspecified atom stereocenters. The maximum atomic E-state index is 6.45. The van der Waals surface area contributed by atoms with Gasteiger partial charge in [-0.2, -0.15) is 0 Å². The molecule has 0 saturated heterocycles. The van der Waals surface area contributed by atoms with Gasteiger partial charge in [0.25, 0.3) is 0 Å². The van der Waals surface area contributed by atoms with E-state index in [9.17, 15) is 0 Å². The second kappa shape index (κ2) is 13.4. The van der Waals surface area contributed by atoms with Crippen LogP contribution in [0.25, 0.3) is 114 Å². The Bertz CT molecular complexity index is 3380. The lowest BCUT2D eigenvalue weighted by Gasteiger charge is -2.09. The third-order valence-corrected chi connectivity index (χ3v) is 12.9. The highest BCUT2D eigenvalue weighted by Gasteiger charge is 2.21. The Hall–Kier alpha value is -6.87. The summed E-state index contributed by atoms with van der Waals surface area (Å²) in [6.07, 6.45) is 3.99. The Morgan fingerprint density at radius 1 is 0.491 bits per heavy atom. The first-order valence-electron chi connectivity index (χ1n) is 18.8. The zero-order valence-electron chi connectivity index (χ0n) is 30.9.